The molecule has 0 aliphatic heterocycles. The Morgan fingerprint density at radius 2 is 1.89 bits per heavy atom. The van der Waals surface area contributed by atoms with Gasteiger partial charge in [0.2, 0.25) is 0 Å². The van der Waals surface area contributed by atoms with E-state index in [9.17, 15) is 5.11 Å². The zero-order valence-electron chi connectivity index (χ0n) is 11.4. The van der Waals surface area contributed by atoms with Crippen LogP contribution in [0.4, 0.5) is 0 Å². The van der Waals surface area contributed by atoms with Crippen LogP contribution in [0.2, 0.25) is 10.0 Å². The number of rotatable bonds is 8. The lowest BCUT2D eigenvalue weighted by molar-refractivity contribution is 0.0511. The van der Waals surface area contributed by atoms with Crippen LogP contribution >= 0.6 is 23.2 Å². The Hall–Kier alpha value is -0.320. The van der Waals surface area contributed by atoms with Crippen molar-refractivity contribution < 1.29 is 9.84 Å². The molecule has 19 heavy (non-hydrogen) atoms. The second-order valence-electron chi connectivity index (χ2n) is 4.87. The molecule has 0 aliphatic rings. The molecule has 3 nitrogen and oxygen atoms in total. The fourth-order valence-electron chi connectivity index (χ4n) is 1.83. The maximum Gasteiger partial charge on any atom is 0.0673 e. The summed E-state index contributed by atoms with van der Waals surface area (Å²) in [4.78, 5) is 0. The van der Waals surface area contributed by atoms with Crippen molar-refractivity contribution in [1.82, 2.24) is 5.32 Å². The molecule has 2 N–H and O–H groups in total. The van der Waals surface area contributed by atoms with Crippen molar-refractivity contribution in [2.75, 3.05) is 26.8 Å². The molecule has 1 atom stereocenters. The number of methoxy groups -OCH3 is 1. The fourth-order valence-corrected chi connectivity index (χ4v) is 2.36. The monoisotopic (exact) mass is 305 g/mol. The third-order valence-corrected chi connectivity index (χ3v) is 3.65. The SMILES string of the molecule is COCCNCCC(C)(O)Cc1c(Cl)cccc1Cl. The third-order valence-electron chi connectivity index (χ3n) is 2.94. The van der Waals surface area contributed by atoms with Gasteiger partial charge in [-0.3, -0.25) is 0 Å². The summed E-state index contributed by atoms with van der Waals surface area (Å²) < 4.78 is 4.94. The van der Waals surface area contributed by atoms with Gasteiger partial charge in [-0.1, -0.05) is 29.3 Å². The Balaban J connectivity index is 2.49. The summed E-state index contributed by atoms with van der Waals surface area (Å²) in [7, 11) is 1.66. The Bertz CT molecular complexity index is 377. The van der Waals surface area contributed by atoms with Crippen LogP contribution < -0.4 is 5.32 Å². The molecule has 0 bridgehead atoms. The van der Waals surface area contributed by atoms with Crippen LogP contribution in [-0.4, -0.2) is 37.5 Å². The molecule has 1 aromatic rings. The molecule has 108 valence electrons. The van der Waals surface area contributed by atoms with Gasteiger partial charge in [-0.2, -0.15) is 0 Å². The number of benzene rings is 1. The van der Waals surface area contributed by atoms with Crippen molar-refractivity contribution in [3.05, 3.63) is 33.8 Å². The van der Waals surface area contributed by atoms with Gasteiger partial charge in [0, 0.05) is 30.1 Å². The number of aliphatic hydroxyl groups is 1. The summed E-state index contributed by atoms with van der Waals surface area (Å²) >= 11 is 12.2. The van der Waals surface area contributed by atoms with Crippen LogP contribution in [0.25, 0.3) is 0 Å². The summed E-state index contributed by atoms with van der Waals surface area (Å²) in [5, 5.41) is 14.8. The average molecular weight is 306 g/mol. The molecular weight excluding hydrogens is 285 g/mol. The predicted octanol–water partition coefficient (Wildman–Crippen LogP) is 2.91. The van der Waals surface area contributed by atoms with Crippen molar-refractivity contribution in [1.29, 1.82) is 0 Å². The maximum atomic E-state index is 10.4. The first-order valence-electron chi connectivity index (χ1n) is 6.31. The topological polar surface area (TPSA) is 41.5 Å². The van der Waals surface area contributed by atoms with E-state index in [0.717, 1.165) is 18.7 Å². The zero-order chi connectivity index (χ0) is 14.3. The maximum absolute atomic E-state index is 10.4. The molecule has 0 amide bonds. The first-order chi connectivity index (χ1) is 8.96. The minimum absolute atomic E-state index is 0.442. The second-order valence-corrected chi connectivity index (χ2v) is 5.68. The molecular formula is C14H21Cl2NO2. The van der Waals surface area contributed by atoms with Gasteiger partial charge >= 0.3 is 0 Å². The van der Waals surface area contributed by atoms with Gasteiger partial charge in [0.1, 0.15) is 0 Å². The second kappa shape index (κ2) is 8.08. The summed E-state index contributed by atoms with van der Waals surface area (Å²) in [6.45, 7) is 3.96. The Labute approximate surface area is 124 Å². The normalized spacial score (nSPS) is 14.4. The summed E-state index contributed by atoms with van der Waals surface area (Å²) in [6, 6.07) is 5.38. The van der Waals surface area contributed by atoms with Crippen molar-refractivity contribution >= 4 is 23.2 Å². The highest BCUT2D eigenvalue weighted by Gasteiger charge is 2.23. The molecule has 0 heterocycles. The van der Waals surface area contributed by atoms with Gasteiger partial charge in [-0.05, 0) is 37.6 Å². The lowest BCUT2D eigenvalue weighted by Crippen LogP contribution is -2.33. The first-order valence-corrected chi connectivity index (χ1v) is 7.07. The molecule has 5 heteroatoms. The highest BCUT2D eigenvalue weighted by Crippen LogP contribution is 2.29. The molecule has 0 radical (unpaired) electrons. The minimum atomic E-state index is -0.839. The molecule has 1 rings (SSSR count). The van der Waals surface area contributed by atoms with E-state index in [1.165, 1.54) is 0 Å². The third kappa shape index (κ3) is 6.11. The van der Waals surface area contributed by atoms with Crippen LogP contribution in [0.15, 0.2) is 18.2 Å². The van der Waals surface area contributed by atoms with Gasteiger partial charge in [0.25, 0.3) is 0 Å². The summed E-state index contributed by atoms with van der Waals surface area (Å²) in [5.74, 6) is 0. The number of nitrogens with one attached hydrogen (secondary N) is 1. The van der Waals surface area contributed by atoms with E-state index in [2.05, 4.69) is 5.32 Å². The Morgan fingerprint density at radius 3 is 2.47 bits per heavy atom. The Morgan fingerprint density at radius 1 is 1.26 bits per heavy atom. The van der Waals surface area contributed by atoms with E-state index in [1.54, 1.807) is 32.2 Å². The molecule has 0 aromatic heterocycles. The number of halogens is 2. The molecule has 1 unspecified atom stereocenters. The van der Waals surface area contributed by atoms with Crippen LogP contribution in [0.3, 0.4) is 0 Å². The number of hydrogen-bond acceptors (Lipinski definition) is 3. The van der Waals surface area contributed by atoms with E-state index >= 15 is 0 Å². The average Bonchev–Trinajstić information content (AvgIpc) is 2.34. The molecule has 1 aromatic carbocycles. The summed E-state index contributed by atoms with van der Waals surface area (Å²) in [6.07, 6.45) is 1.07. The predicted molar refractivity (Wildman–Crippen MR) is 80.2 cm³/mol. The van der Waals surface area contributed by atoms with E-state index in [1.807, 2.05) is 0 Å². The highest BCUT2D eigenvalue weighted by molar-refractivity contribution is 6.36. The summed E-state index contributed by atoms with van der Waals surface area (Å²) in [5.41, 5.74) is -0.0398. The van der Waals surface area contributed by atoms with E-state index < -0.39 is 5.60 Å². The van der Waals surface area contributed by atoms with Gasteiger partial charge in [0.05, 0.1) is 12.2 Å². The van der Waals surface area contributed by atoms with Crippen LogP contribution in [0, 0.1) is 0 Å². The van der Waals surface area contributed by atoms with Crippen molar-refractivity contribution in [2.24, 2.45) is 0 Å². The first kappa shape index (κ1) is 16.7. The molecule has 0 saturated heterocycles. The smallest absolute Gasteiger partial charge is 0.0673 e. The number of hydrogen-bond donors (Lipinski definition) is 2. The van der Waals surface area contributed by atoms with Crippen LogP contribution in [0.5, 0.6) is 0 Å². The number of ether oxygens (including phenoxy) is 1. The molecule has 0 aliphatic carbocycles. The van der Waals surface area contributed by atoms with Crippen molar-refractivity contribution in [3.63, 3.8) is 0 Å². The van der Waals surface area contributed by atoms with Gasteiger partial charge in [0.15, 0.2) is 0 Å². The quantitative estimate of drug-likeness (QED) is 0.726. The highest BCUT2D eigenvalue weighted by atomic mass is 35.5. The lowest BCUT2D eigenvalue weighted by atomic mass is 9.93. The zero-order valence-corrected chi connectivity index (χ0v) is 12.9. The standard InChI is InChI=1S/C14H21Cl2NO2/c1-14(18,6-7-17-8-9-19-2)10-11-12(15)4-3-5-13(11)16/h3-5,17-18H,6-10H2,1-2H3. The Kier molecular flexibility index (Phi) is 7.11. The molecule has 0 fully saturated rings. The van der Waals surface area contributed by atoms with Crippen LogP contribution in [-0.2, 0) is 11.2 Å². The van der Waals surface area contributed by atoms with Gasteiger partial charge < -0.3 is 15.2 Å². The van der Waals surface area contributed by atoms with E-state index in [-0.39, 0.29) is 0 Å². The van der Waals surface area contributed by atoms with Crippen molar-refractivity contribution in [2.45, 2.75) is 25.4 Å². The van der Waals surface area contributed by atoms with Crippen molar-refractivity contribution in [3.8, 4) is 0 Å². The lowest BCUT2D eigenvalue weighted by Gasteiger charge is -2.24. The van der Waals surface area contributed by atoms with Gasteiger partial charge in [-0.25, -0.2) is 0 Å². The van der Waals surface area contributed by atoms with Gasteiger partial charge in [-0.15, -0.1) is 0 Å². The van der Waals surface area contributed by atoms with E-state index in [4.69, 9.17) is 27.9 Å². The molecule has 0 saturated carbocycles. The largest absolute Gasteiger partial charge is 0.390 e. The van der Waals surface area contributed by atoms with Crippen LogP contribution in [0.1, 0.15) is 18.9 Å². The molecule has 0 spiro atoms. The minimum Gasteiger partial charge on any atom is -0.390 e. The fraction of sp³-hybridized carbons (Fsp3) is 0.571. The van der Waals surface area contributed by atoms with E-state index in [0.29, 0.717) is 29.5 Å².